The predicted molar refractivity (Wildman–Crippen MR) is 116 cm³/mol. The first-order chi connectivity index (χ1) is 13.8. The summed E-state index contributed by atoms with van der Waals surface area (Å²) in [5, 5.41) is 12.2. The lowest BCUT2D eigenvalue weighted by atomic mass is 9.95. The molecule has 0 radical (unpaired) electrons. The minimum Gasteiger partial charge on any atom is -0.312 e. The summed E-state index contributed by atoms with van der Waals surface area (Å²) in [5.74, 6) is 2.61. The first-order valence-electron chi connectivity index (χ1n) is 9.96. The molecule has 1 N–H and O–H groups in total. The number of halogens is 2. The highest BCUT2D eigenvalue weighted by Crippen LogP contribution is 2.32. The molecule has 0 aliphatic carbocycles. The summed E-state index contributed by atoms with van der Waals surface area (Å²) in [7, 11) is 0. The van der Waals surface area contributed by atoms with Crippen LogP contribution in [-0.2, 0) is 19.6 Å². The molecule has 3 aromatic rings. The van der Waals surface area contributed by atoms with E-state index in [-0.39, 0.29) is 18.2 Å². The third kappa shape index (κ3) is 4.23. The van der Waals surface area contributed by atoms with E-state index in [2.05, 4.69) is 31.0 Å². The van der Waals surface area contributed by atoms with Crippen molar-refractivity contribution in [1.82, 2.24) is 25.0 Å². The molecule has 0 unspecified atom stereocenters. The average molecular weight is 434 g/mol. The summed E-state index contributed by atoms with van der Waals surface area (Å²) >= 11 is 1.70. The second-order valence-corrected chi connectivity index (χ2v) is 8.77. The van der Waals surface area contributed by atoms with Crippen LogP contribution in [0.25, 0.3) is 10.4 Å². The van der Waals surface area contributed by atoms with Crippen molar-refractivity contribution in [3.63, 3.8) is 0 Å². The number of aromatic nitrogens is 3. The van der Waals surface area contributed by atoms with E-state index in [0.717, 1.165) is 62.8 Å². The van der Waals surface area contributed by atoms with E-state index in [1.165, 1.54) is 16.8 Å². The van der Waals surface area contributed by atoms with Crippen LogP contribution in [0.2, 0.25) is 0 Å². The van der Waals surface area contributed by atoms with Gasteiger partial charge < -0.3 is 9.88 Å². The molecule has 0 atom stereocenters. The molecule has 0 bridgehead atoms. The number of rotatable bonds is 4. The van der Waals surface area contributed by atoms with Gasteiger partial charge in [0.1, 0.15) is 17.5 Å². The molecule has 1 saturated heterocycles. The van der Waals surface area contributed by atoms with Crippen LogP contribution in [0.15, 0.2) is 36.4 Å². The SMILES string of the molecule is Cl.Fc1ccccc1-c1ccc(CN2CCC(c3nnc4n3CCNC4)CC2)s1. The molecular weight excluding hydrogens is 409 g/mol. The van der Waals surface area contributed by atoms with Crippen LogP contribution in [0, 0.1) is 5.82 Å². The molecule has 154 valence electrons. The Hall–Kier alpha value is -1.80. The van der Waals surface area contributed by atoms with E-state index < -0.39 is 0 Å². The molecule has 0 amide bonds. The highest BCUT2D eigenvalue weighted by molar-refractivity contribution is 7.15. The molecular formula is C21H25ClFN5S. The van der Waals surface area contributed by atoms with Crippen LogP contribution in [-0.4, -0.2) is 39.3 Å². The third-order valence-corrected chi connectivity index (χ3v) is 6.89. The van der Waals surface area contributed by atoms with Gasteiger partial charge >= 0.3 is 0 Å². The lowest BCUT2D eigenvalue weighted by molar-refractivity contribution is 0.201. The van der Waals surface area contributed by atoms with Crippen LogP contribution < -0.4 is 5.32 Å². The first-order valence-corrected chi connectivity index (χ1v) is 10.8. The summed E-state index contributed by atoms with van der Waals surface area (Å²) in [6.45, 7) is 5.88. The summed E-state index contributed by atoms with van der Waals surface area (Å²) in [5.41, 5.74) is 0.698. The van der Waals surface area contributed by atoms with Gasteiger partial charge in [-0.3, -0.25) is 4.90 Å². The lowest BCUT2D eigenvalue weighted by Gasteiger charge is -2.31. The first kappa shape index (κ1) is 20.5. The van der Waals surface area contributed by atoms with Crippen LogP contribution in [0.3, 0.4) is 0 Å². The second-order valence-electron chi connectivity index (χ2n) is 7.60. The Morgan fingerprint density at radius 2 is 1.90 bits per heavy atom. The van der Waals surface area contributed by atoms with Crippen molar-refractivity contribution in [2.45, 2.75) is 38.4 Å². The maximum Gasteiger partial charge on any atom is 0.147 e. The van der Waals surface area contributed by atoms with Gasteiger partial charge in [0.2, 0.25) is 0 Å². The number of benzene rings is 1. The van der Waals surface area contributed by atoms with Gasteiger partial charge in [-0.15, -0.1) is 33.9 Å². The molecule has 2 aliphatic rings. The minimum atomic E-state index is -0.149. The second kappa shape index (κ2) is 8.92. The zero-order valence-electron chi connectivity index (χ0n) is 16.2. The number of fused-ring (bicyclic) bond motifs is 1. The summed E-state index contributed by atoms with van der Waals surface area (Å²) in [4.78, 5) is 4.80. The largest absolute Gasteiger partial charge is 0.312 e. The number of nitrogens with one attached hydrogen (secondary N) is 1. The Morgan fingerprint density at radius 1 is 1.07 bits per heavy atom. The highest BCUT2D eigenvalue weighted by Gasteiger charge is 2.27. The predicted octanol–water partition coefficient (Wildman–Crippen LogP) is 4.05. The Labute approximate surface area is 180 Å². The maximum atomic E-state index is 14.0. The van der Waals surface area contributed by atoms with Gasteiger partial charge in [0.05, 0.1) is 6.54 Å². The molecule has 0 spiro atoms. The fraction of sp³-hybridized carbons (Fsp3) is 0.429. The molecule has 0 saturated carbocycles. The average Bonchev–Trinajstić information content (AvgIpc) is 3.36. The van der Waals surface area contributed by atoms with E-state index in [1.54, 1.807) is 17.4 Å². The van der Waals surface area contributed by atoms with Gasteiger partial charge in [0.25, 0.3) is 0 Å². The number of nitrogens with zero attached hydrogens (tertiary/aromatic N) is 4. The van der Waals surface area contributed by atoms with Gasteiger partial charge in [-0.25, -0.2) is 4.39 Å². The van der Waals surface area contributed by atoms with Crippen molar-refractivity contribution in [3.8, 4) is 10.4 Å². The normalized spacial score (nSPS) is 17.7. The summed E-state index contributed by atoms with van der Waals surface area (Å²) in [6, 6.07) is 11.2. The van der Waals surface area contributed by atoms with Gasteiger partial charge in [-0.05, 0) is 44.1 Å². The number of hydrogen-bond acceptors (Lipinski definition) is 5. The maximum absolute atomic E-state index is 14.0. The molecule has 5 nitrogen and oxygen atoms in total. The topological polar surface area (TPSA) is 46.0 Å². The molecule has 8 heteroatoms. The van der Waals surface area contributed by atoms with Crippen molar-refractivity contribution in [1.29, 1.82) is 0 Å². The van der Waals surface area contributed by atoms with Crippen molar-refractivity contribution in [2.24, 2.45) is 0 Å². The van der Waals surface area contributed by atoms with Gasteiger partial charge in [0.15, 0.2) is 0 Å². The van der Waals surface area contributed by atoms with Crippen LogP contribution in [0.5, 0.6) is 0 Å². The molecule has 29 heavy (non-hydrogen) atoms. The summed E-state index contributed by atoms with van der Waals surface area (Å²) < 4.78 is 16.3. The van der Waals surface area contributed by atoms with E-state index in [4.69, 9.17) is 0 Å². The molecule has 1 fully saturated rings. The smallest absolute Gasteiger partial charge is 0.147 e. The molecule has 4 heterocycles. The van der Waals surface area contributed by atoms with Crippen LogP contribution >= 0.6 is 23.7 Å². The number of piperidine rings is 1. The Kier molecular flexibility index (Phi) is 6.29. The van der Waals surface area contributed by atoms with Crippen LogP contribution in [0.4, 0.5) is 4.39 Å². The Morgan fingerprint density at radius 3 is 2.72 bits per heavy atom. The zero-order chi connectivity index (χ0) is 18.9. The highest BCUT2D eigenvalue weighted by atomic mass is 35.5. The quantitative estimate of drug-likeness (QED) is 0.674. The van der Waals surface area contributed by atoms with Crippen molar-refractivity contribution < 1.29 is 4.39 Å². The Bertz CT molecular complexity index is 964. The van der Waals surface area contributed by atoms with Gasteiger partial charge in [0, 0.05) is 40.9 Å². The summed E-state index contributed by atoms with van der Waals surface area (Å²) in [6.07, 6.45) is 2.24. The fourth-order valence-electron chi connectivity index (χ4n) is 4.25. The van der Waals surface area contributed by atoms with E-state index in [9.17, 15) is 4.39 Å². The van der Waals surface area contributed by atoms with Gasteiger partial charge in [-0.2, -0.15) is 0 Å². The number of thiophene rings is 1. The minimum absolute atomic E-state index is 0. The van der Waals surface area contributed by atoms with Crippen molar-refractivity contribution >= 4 is 23.7 Å². The number of likely N-dealkylation sites (tertiary alicyclic amines) is 1. The zero-order valence-corrected chi connectivity index (χ0v) is 17.8. The monoisotopic (exact) mass is 433 g/mol. The molecule has 2 aromatic heterocycles. The lowest BCUT2D eigenvalue weighted by Crippen LogP contribution is -2.34. The van der Waals surface area contributed by atoms with E-state index in [0.29, 0.717) is 11.5 Å². The fourth-order valence-corrected chi connectivity index (χ4v) is 5.33. The molecule has 5 rings (SSSR count). The van der Waals surface area contributed by atoms with E-state index >= 15 is 0 Å². The standard InChI is InChI=1S/C21H24FN5S.ClH/c22-18-4-2-1-3-17(18)19-6-5-16(28-19)14-26-10-7-15(8-11-26)21-25-24-20-13-23-9-12-27(20)21;/h1-6,15,23H,7-14H2;1H. The third-order valence-electron chi connectivity index (χ3n) is 5.78. The number of hydrogen-bond donors (Lipinski definition) is 1. The Balaban J connectivity index is 0.00000205. The van der Waals surface area contributed by atoms with Crippen molar-refractivity contribution in [2.75, 3.05) is 19.6 Å². The van der Waals surface area contributed by atoms with Crippen molar-refractivity contribution in [3.05, 3.63) is 58.7 Å². The molecule has 2 aliphatic heterocycles. The van der Waals surface area contributed by atoms with E-state index in [1.807, 2.05) is 18.2 Å². The van der Waals surface area contributed by atoms with Gasteiger partial charge in [-0.1, -0.05) is 18.2 Å². The van der Waals surface area contributed by atoms with Crippen LogP contribution in [0.1, 0.15) is 35.3 Å². The molecule has 1 aromatic carbocycles.